The molecule has 0 aromatic heterocycles. The zero-order valence-electron chi connectivity index (χ0n) is 25.0. The maximum atomic E-state index is 14.4. The highest BCUT2D eigenvalue weighted by Gasteiger charge is 2.44. The van der Waals surface area contributed by atoms with Gasteiger partial charge in [0, 0.05) is 11.1 Å². The second-order valence-corrected chi connectivity index (χ2v) is 12.2. The number of aryl methyl sites for hydroxylation is 1. The summed E-state index contributed by atoms with van der Waals surface area (Å²) < 4.78 is 5.45. The van der Waals surface area contributed by atoms with Gasteiger partial charge in [-0.25, -0.2) is 4.79 Å². The Morgan fingerprint density at radius 1 is 1.05 bits per heavy atom. The van der Waals surface area contributed by atoms with Crippen molar-refractivity contribution in [3.05, 3.63) is 64.2 Å². The number of nitrogens with zero attached hydrogens (tertiary/aromatic N) is 1. The summed E-state index contributed by atoms with van der Waals surface area (Å²) in [5.41, 5.74) is 0.919. The lowest BCUT2D eigenvalue weighted by Gasteiger charge is -2.45. The largest absolute Gasteiger partial charge is 0.444 e. The van der Waals surface area contributed by atoms with Crippen molar-refractivity contribution in [1.29, 1.82) is 0 Å². The van der Waals surface area contributed by atoms with Crippen LogP contribution in [0.15, 0.2) is 42.5 Å². The Morgan fingerprint density at radius 3 is 2.12 bits per heavy atom. The van der Waals surface area contributed by atoms with Crippen LogP contribution in [0.25, 0.3) is 0 Å². The first-order valence-electron chi connectivity index (χ1n) is 13.5. The first-order chi connectivity index (χ1) is 18.5. The quantitative estimate of drug-likeness (QED) is 0.323. The number of terminal acetylenes is 1. The molecular weight excluding hydrogens is 526 g/mol. The second-order valence-electron chi connectivity index (χ2n) is 11.8. The summed E-state index contributed by atoms with van der Waals surface area (Å²) >= 11 is 6.45. The third-order valence-electron chi connectivity index (χ3n) is 6.73. The van der Waals surface area contributed by atoms with E-state index in [0.29, 0.717) is 28.3 Å². The molecule has 0 fully saturated rings. The van der Waals surface area contributed by atoms with Gasteiger partial charge < -0.3 is 20.3 Å². The highest BCUT2D eigenvalue weighted by molar-refractivity contribution is 6.34. The summed E-state index contributed by atoms with van der Waals surface area (Å²) in [5.74, 6) is 1.43. The van der Waals surface area contributed by atoms with E-state index in [-0.39, 0.29) is 5.92 Å². The molecule has 216 valence electrons. The molecule has 0 aliphatic heterocycles. The minimum Gasteiger partial charge on any atom is -0.444 e. The minimum absolute atomic E-state index is 0.298. The van der Waals surface area contributed by atoms with Gasteiger partial charge in [0.1, 0.15) is 17.7 Å². The zero-order chi connectivity index (χ0) is 30.4. The fourth-order valence-corrected chi connectivity index (χ4v) is 4.47. The fraction of sp³-hybridized carbons (Fsp3) is 0.469. The normalized spacial score (nSPS) is 13.2. The lowest BCUT2D eigenvalue weighted by molar-refractivity contribution is -0.148. The van der Waals surface area contributed by atoms with Crippen LogP contribution in [-0.4, -0.2) is 40.0 Å². The molecule has 8 heteroatoms. The van der Waals surface area contributed by atoms with Gasteiger partial charge in [0.2, 0.25) is 5.91 Å². The highest BCUT2D eigenvalue weighted by atomic mass is 35.5. The lowest BCUT2D eigenvalue weighted by atomic mass is 9.90. The van der Waals surface area contributed by atoms with E-state index in [2.05, 4.69) is 16.6 Å². The van der Waals surface area contributed by atoms with Crippen LogP contribution in [0.4, 0.5) is 10.5 Å². The Labute approximate surface area is 244 Å². The Bertz CT molecular complexity index is 1240. The van der Waals surface area contributed by atoms with Crippen molar-refractivity contribution in [2.45, 2.75) is 92.0 Å². The minimum atomic E-state index is -1.06. The molecule has 2 N–H and O–H groups in total. The molecule has 0 spiro atoms. The summed E-state index contributed by atoms with van der Waals surface area (Å²) in [4.78, 5) is 42.9. The number of amides is 3. The molecule has 2 aromatic rings. The first-order valence-corrected chi connectivity index (χ1v) is 13.9. The molecule has 0 bridgehead atoms. The van der Waals surface area contributed by atoms with Crippen molar-refractivity contribution in [3.8, 4) is 12.3 Å². The van der Waals surface area contributed by atoms with Crippen LogP contribution in [0.5, 0.6) is 0 Å². The molecule has 3 amide bonds. The number of rotatable bonds is 9. The smallest absolute Gasteiger partial charge is 0.408 e. The van der Waals surface area contributed by atoms with Gasteiger partial charge in [0.25, 0.3) is 5.91 Å². The number of carbonyl (C=O) groups is 3. The van der Waals surface area contributed by atoms with Gasteiger partial charge in [-0.2, -0.15) is 0 Å². The Hall–Kier alpha value is -3.50. The summed E-state index contributed by atoms with van der Waals surface area (Å²) in [5, 5.41) is 6.09. The first kappa shape index (κ1) is 32.7. The standard InChI is InChI=1S/C32H42ClN3O4/c1-11-22-16-18-23(19-17-22)27(28(37)34-26-21(5)14-13-15-24(26)33)36(32(9,10)12-2)29(38)25(20(3)4)35-30(39)40-31(6,7)8/h1,13-20,25,27H,12H2,2-10H3,(H,34,37)(H,35,39). The van der Waals surface area contributed by atoms with E-state index in [4.69, 9.17) is 22.8 Å². The SMILES string of the molecule is C#Cc1ccc(C(C(=O)Nc2c(C)cccc2Cl)N(C(=O)C(NC(=O)OC(C)(C)C)C(C)C)C(C)(C)CC)cc1. The van der Waals surface area contributed by atoms with E-state index in [1.807, 2.05) is 47.6 Å². The van der Waals surface area contributed by atoms with Gasteiger partial charge in [0.15, 0.2) is 0 Å². The number of alkyl carbamates (subject to hydrolysis) is 1. The molecule has 2 atom stereocenters. The van der Waals surface area contributed by atoms with Gasteiger partial charge in [-0.15, -0.1) is 6.42 Å². The van der Waals surface area contributed by atoms with Crippen LogP contribution >= 0.6 is 11.6 Å². The highest BCUT2D eigenvalue weighted by Crippen LogP contribution is 2.35. The molecule has 0 aliphatic carbocycles. The average molecular weight is 568 g/mol. The summed E-state index contributed by atoms with van der Waals surface area (Å²) in [6.45, 7) is 16.5. The van der Waals surface area contributed by atoms with E-state index in [1.54, 1.807) is 62.1 Å². The Balaban J connectivity index is 2.69. The van der Waals surface area contributed by atoms with Crippen LogP contribution in [0.3, 0.4) is 0 Å². The fourth-order valence-electron chi connectivity index (χ4n) is 4.20. The molecule has 2 aromatic carbocycles. The van der Waals surface area contributed by atoms with Gasteiger partial charge in [0.05, 0.1) is 10.7 Å². The number of hydrogen-bond acceptors (Lipinski definition) is 4. The van der Waals surface area contributed by atoms with E-state index < -0.39 is 41.1 Å². The summed E-state index contributed by atoms with van der Waals surface area (Å²) in [6, 6.07) is 10.3. The second kappa shape index (κ2) is 13.2. The number of nitrogens with one attached hydrogen (secondary N) is 2. The van der Waals surface area contributed by atoms with Crippen molar-refractivity contribution in [2.75, 3.05) is 5.32 Å². The molecule has 7 nitrogen and oxygen atoms in total. The van der Waals surface area contributed by atoms with E-state index in [0.717, 1.165) is 5.56 Å². The van der Waals surface area contributed by atoms with Crippen LogP contribution in [-0.2, 0) is 14.3 Å². The molecule has 40 heavy (non-hydrogen) atoms. The summed E-state index contributed by atoms with van der Waals surface area (Å²) in [6.07, 6.45) is 5.40. The molecule has 0 aliphatic rings. The predicted octanol–water partition coefficient (Wildman–Crippen LogP) is 6.88. The van der Waals surface area contributed by atoms with Crippen molar-refractivity contribution in [3.63, 3.8) is 0 Å². The summed E-state index contributed by atoms with van der Waals surface area (Å²) in [7, 11) is 0. The van der Waals surface area contributed by atoms with Crippen molar-refractivity contribution in [1.82, 2.24) is 10.2 Å². The van der Waals surface area contributed by atoms with Crippen LogP contribution in [0.1, 0.15) is 84.5 Å². The number of ether oxygens (including phenoxy) is 1. The molecule has 2 rings (SSSR count). The van der Waals surface area contributed by atoms with E-state index in [1.165, 1.54) is 0 Å². The van der Waals surface area contributed by atoms with Gasteiger partial charge >= 0.3 is 6.09 Å². The third-order valence-corrected chi connectivity index (χ3v) is 7.04. The van der Waals surface area contributed by atoms with Crippen LogP contribution in [0, 0.1) is 25.2 Å². The molecule has 0 heterocycles. The lowest BCUT2D eigenvalue weighted by Crippen LogP contribution is -2.60. The van der Waals surface area contributed by atoms with Gasteiger partial charge in [-0.3, -0.25) is 9.59 Å². The number of para-hydroxylation sites is 1. The van der Waals surface area contributed by atoms with Crippen molar-refractivity contribution >= 4 is 35.2 Å². The van der Waals surface area contributed by atoms with E-state index >= 15 is 0 Å². The Kier molecular flexibility index (Phi) is 10.8. The predicted molar refractivity (Wildman–Crippen MR) is 161 cm³/mol. The van der Waals surface area contributed by atoms with Crippen molar-refractivity contribution in [2.24, 2.45) is 5.92 Å². The van der Waals surface area contributed by atoms with Crippen molar-refractivity contribution < 1.29 is 19.1 Å². The number of anilines is 1. The molecule has 0 saturated heterocycles. The topological polar surface area (TPSA) is 87.7 Å². The van der Waals surface area contributed by atoms with E-state index in [9.17, 15) is 14.4 Å². The number of carbonyl (C=O) groups excluding carboxylic acids is 3. The maximum absolute atomic E-state index is 14.4. The Morgan fingerprint density at radius 2 is 1.65 bits per heavy atom. The monoisotopic (exact) mass is 567 g/mol. The third kappa shape index (κ3) is 8.25. The molecular formula is C32H42ClN3O4. The molecule has 2 unspecified atom stereocenters. The maximum Gasteiger partial charge on any atom is 0.408 e. The number of benzene rings is 2. The number of halogens is 1. The average Bonchev–Trinajstić information content (AvgIpc) is 2.86. The zero-order valence-corrected chi connectivity index (χ0v) is 25.8. The van der Waals surface area contributed by atoms with Crippen LogP contribution < -0.4 is 10.6 Å². The van der Waals surface area contributed by atoms with Crippen LogP contribution in [0.2, 0.25) is 5.02 Å². The van der Waals surface area contributed by atoms with Gasteiger partial charge in [-0.1, -0.05) is 62.6 Å². The molecule has 0 radical (unpaired) electrons. The number of hydrogen-bond donors (Lipinski definition) is 2. The van der Waals surface area contributed by atoms with Gasteiger partial charge in [-0.05, 0) is 83.2 Å². The molecule has 0 saturated carbocycles.